The van der Waals surface area contributed by atoms with E-state index in [1.54, 1.807) is 0 Å². The van der Waals surface area contributed by atoms with Crippen LogP contribution in [0.3, 0.4) is 0 Å². The Hall–Kier alpha value is -0.120. The predicted octanol–water partition coefficient (Wildman–Crippen LogP) is 0.936. The lowest BCUT2D eigenvalue weighted by Gasteiger charge is -2.09. The summed E-state index contributed by atoms with van der Waals surface area (Å²) in [5.41, 5.74) is 0. The maximum atomic E-state index is 9.24. The van der Waals surface area contributed by atoms with Gasteiger partial charge in [-0.3, -0.25) is 0 Å². The van der Waals surface area contributed by atoms with Gasteiger partial charge < -0.3 is 14.9 Å². The van der Waals surface area contributed by atoms with E-state index in [-0.39, 0.29) is 6.61 Å². The van der Waals surface area contributed by atoms with Crippen molar-refractivity contribution in [3.8, 4) is 0 Å². The van der Waals surface area contributed by atoms with Gasteiger partial charge in [0.05, 0.1) is 12.7 Å². The fraction of sp³-hybridized carbons (Fsp3) is 1.00. The van der Waals surface area contributed by atoms with Gasteiger partial charge in [0.15, 0.2) is 0 Å². The van der Waals surface area contributed by atoms with Gasteiger partial charge in [0, 0.05) is 13.2 Å². The first-order chi connectivity index (χ1) is 5.81. The van der Waals surface area contributed by atoms with Crippen molar-refractivity contribution in [1.82, 2.24) is 0 Å². The van der Waals surface area contributed by atoms with Crippen molar-refractivity contribution in [3.05, 3.63) is 0 Å². The highest BCUT2D eigenvalue weighted by atomic mass is 16.5. The third-order valence-electron chi connectivity index (χ3n) is 1.65. The zero-order valence-electron chi connectivity index (χ0n) is 7.83. The molecule has 0 rings (SSSR count). The molecule has 0 aromatic carbocycles. The fourth-order valence-electron chi connectivity index (χ4n) is 0.876. The summed E-state index contributed by atoms with van der Waals surface area (Å²) in [5.74, 6) is 0. The second-order valence-corrected chi connectivity index (χ2v) is 2.95. The number of hydrogen-bond donors (Lipinski definition) is 2. The molecule has 3 heteroatoms. The van der Waals surface area contributed by atoms with Crippen molar-refractivity contribution in [3.63, 3.8) is 0 Å². The molecule has 0 heterocycles. The van der Waals surface area contributed by atoms with Crippen LogP contribution in [0, 0.1) is 0 Å². The molecule has 74 valence electrons. The minimum Gasteiger partial charge on any atom is -0.396 e. The zero-order valence-corrected chi connectivity index (χ0v) is 7.83. The van der Waals surface area contributed by atoms with Gasteiger partial charge in [0.25, 0.3) is 0 Å². The van der Waals surface area contributed by atoms with E-state index in [1.165, 1.54) is 0 Å². The van der Waals surface area contributed by atoms with E-state index < -0.39 is 6.10 Å². The highest BCUT2D eigenvalue weighted by molar-refractivity contribution is 4.53. The first kappa shape index (κ1) is 11.9. The lowest BCUT2D eigenvalue weighted by atomic mass is 10.2. The Morgan fingerprint density at radius 2 is 2.08 bits per heavy atom. The fourth-order valence-corrected chi connectivity index (χ4v) is 0.876. The molecular formula is C9H20O3. The van der Waals surface area contributed by atoms with Crippen LogP contribution in [0.1, 0.15) is 32.6 Å². The lowest BCUT2D eigenvalue weighted by Crippen LogP contribution is -2.16. The maximum Gasteiger partial charge on any atom is 0.0774 e. The van der Waals surface area contributed by atoms with Crippen molar-refractivity contribution >= 4 is 0 Å². The molecular weight excluding hydrogens is 156 g/mol. The molecule has 2 N–H and O–H groups in total. The normalized spacial score (nSPS) is 13.2. The third kappa shape index (κ3) is 7.98. The molecule has 0 saturated carbocycles. The van der Waals surface area contributed by atoms with Crippen LogP contribution in [0.4, 0.5) is 0 Å². The van der Waals surface area contributed by atoms with Crippen LogP contribution in [-0.4, -0.2) is 36.1 Å². The summed E-state index contributed by atoms with van der Waals surface area (Å²) in [6.45, 7) is 3.38. The lowest BCUT2D eigenvalue weighted by molar-refractivity contribution is 0.0283. The molecule has 3 nitrogen and oxygen atoms in total. The first-order valence-corrected chi connectivity index (χ1v) is 4.68. The molecule has 1 atom stereocenters. The smallest absolute Gasteiger partial charge is 0.0774 e. The van der Waals surface area contributed by atoms with E-state index in [2.05, 4.69) is 6.92 Å². The minimum absolute atomic E-state index is 0.145. The molecule has 0 aromatic rings. The van der Waals surface area contributed by atoms with Gasteiger partial charge in [-0.15, -0.1) is 0 Å². The van der Waals surface area contributed by atoms with E-state index in [4.69, 9.17) is 9.84 Å². The van der Waals surface area contributed by atoms with Gasteiger partial charge in [-0.1, -0.05) is 13.3 Å². The number of aliphatic hydroxyl groups is 2. The molecule has 0 saturated heterocycles. The molecule has 0 aromatic heterocycles. The maximum absolute atomic E-state index is 9.24. The second-order valence-electron chi connectivity index (χ2n) is 2.95. The molecule has 0 aliphatic carbocycles. The average molecular weight is 176 g/mol. The van der Waals surface area contributed by atoms with Gasteiger partial charge in [-0.2, -0.15) is 0 Å². The number of rotatable bonds is 8. The Kier molecular flexibility index (Phi) is 8.88. The number of ether oxygens (including phenoxy) is 1. The van der Waals surface area contributed by atoms with Crippen molar-refractivity contribution in [2.45, 2.75) is 38.7 Å². The van der Waals surface area contributed by atoms with Gasteiger partial charge in [-0.05, 0) is 19.3 Å². The monoisotopic (exact) mass is 176 g/mol. The van der Waals surface area contributed by atoms with E-state index >= 15 is 0 Å². The van der Waals surface area contributed by atoms with Crippen molar-refractivity contribution in [2.75, 3.05) is 19.8 Å². The summed E-state index contributed by atoms with van der Waals surface area (Å²) in [6.07, 6.45) is 3.04. The van der Waals surface area contributed by atoms with Gasteiger partial charge in [-0.25, -0.2) is 0 Å². The van der Waals surface area contributed by atoms with Gasteiger partial charge >= 0.3 is 0 Å². The molecule has 0 amide bonds. The van der Waals surface area contributed by atoms with Gasteiger partial charge in [0.2, 0.25) is 0 Å². The molecule has 0 spiro atoms. The van der Waals surface area contributed by atoms with Crippen LogP contribution < -0.4 is 0 Å². The predicted molar refractivity (Wildman–Crippen MR) is 48.1 cm³/mol. The summed E-state index contributed by atoms with van der Waals surface area (Å²) in [6, 6.07) is 0. The molecule has 1 unspecified atom stereocenters. The third-order valence-corrected chi connectivity index (χ3v) is 1.65. The van der Waals surface area contributed by atoms with E-state index in [1.807, 2.05) is 0 Å². The molecule has 0 fully saturated rings. The molecule has 0 aliphatic rings. The number of hydrogen-bond acceptors (Lipinski definition) is 3. The summed E-state index contributed by atoms with van der Waals surface area (Å²) < 4.78 is 5.20. The van der Waals surface area contributed by atoms with Gasteiger partial charge in [0.1, 0.15) is 0 Å². The SMILES string of the molecule is CCCCOCC(O)CCCO. The summed E-state index contributed by atoms with van der Waals surface area (Å²) >= 11 is 0. The van der Waals surface area contributed by atoms with E-state index in [0.29, 0.717) is 19.4 Å². The topological polar surface area (TPSA) is 49.7 Å². The molecule has 12 heavy (non-hydrogen) atoms. The molecule has 0 radical (unpaired) electrons. The quantitative estimate of drug-likeness (QED) is 0.541. The Labute approximate surface area is 74.4 Å². The molecule has 0 bridgehead atoms. The van der Waals surface area contributed by atoms with Crippen molar-refractivity contribution < 1.29 is 14.9 Å². The summed E-state index contributed by atoms with van der Waals surface area (Å²) in [4.78, 5) is 0. The van der Waals surface area contributed by atoms with Crippen LogP contribution in [-0.2, 0) is 4.74 Å². The Morgan fingerprint density at radius 3 is 2.67 bits per heavy atom. The summed E-state index contributed by atoms with van der Waals surface area (Å²) in [7, 11) is 0. The summed E-state index contributed by atoms with van der Waals surface area (Å²) in [5, 5.41) is 17.7. The molecule has 0 aliphatic heterocycles. The largest absolute Gasteiger partial charge is 0.396 e. The first-order valence-electron chi connectivity index (χ1n) is 4.68. The minimum atomic E-state index is -0.408. The Balaban J connectivity index is 3.02. The van der Waals surface area contributed by atoms with E-state index in [9.17, 15) is 5.11 Å². The highest BCUT2D eigenvalue weighted by Gasteiger charge is 2.02. The van der Waals surface area contributed by atoms with E-state index in [0.717, 1.165) is 19.4 Å². The zero-order chi connectivity index (χ0) is 9.23. The van der Waals surface area contributed by atoms with Crippen LogP contribution >= 0.6 is 0 Å². The Bertz CT molecular complexity index is 85.8. The Morgan fingerprint density at radius 1 is 1.33 bits per heavy atom. The number of aliphatic hydroxyl groups excluding tert-OH is 2. The van der Waals surface area contributed by atoms with Crippen LogP contribution in [0.5, 0.6) is 0 Å². The number of unbranched alkanes of at least 4 members (excludes halogenated alkanes) is 1. The average Bonchev–Trinajstić information content (AvgIpc) is 2.09. The second kappa shape index (κ2) is 8.97. The van der Waals surface area contributed by atoms with Crippen LogP contribution in [0.2, 0.25) is 0 Å². The van der Waals surface area contributed by atoms with Crippen LogP contribution in [0.25, 0.3) is 0 Å². The van der Waals surface area contributed by atoms with Crippen molar-refractivity contribution in [1.29, 1.82) is 0 Å². The standard InChI is InChI=1S/C9H20O3/c1-2-3-7-12-8-9(11)5-4-6-10/h9-11H,2-8H2,1H3. The van der Waals surface area contributed by atoms with Crippen LogP contribution in [0.15, 0.2) is 0 Å². The highest BCUT2D eigenvalue weighted by Crippen LogP contribution is 1.97. The van der Waals surface area contributed by atoms with Crippen molar-refractivity contribution in [2.24, 2.45) is 0 Å².